The van der Waals surface area contributed by atoms with Crippen molar-refractivity contribution < 1.29 is 18.0 Å². The molecule has 0 aromatic heterocycles. The van der Waals surface area contributed by atoms with Gasteiger partial charge in [0.05, 0.1) is 10.6 Å². The number of nitrogens with one attached hydrogen (secondary N) is 1. The van der Waals surface area contributed by atoms with Crippen LogP contribution in [0.3, 0.4) is 0 Å². The van der Waals surface area contributed by atoms with Gasteiger partial charge in [-0.2, -0.15) is 0 Å². The molecule has 0 aliphatic heterocycles. The first-order chi connectivity index (χ1) is 18.4. The van der Waals surface area contributed by atoms with E-state index in [0.29, 0.717) is 10.7 Å². The molecule has 0 heterocycles. The Morgan fingerprint density at radius 2 is 1.62 bits per heavy atom. The van der Waals surface area contributed by atoms with Gasteiger partial charge in [-0.25, -0.2) is 8.42 Å². The highest BCUT2D eigenvalue weighted by Gasteiger charge is 2.32. The molecule has 208 valence electrons. The number of sulfonamides is 1. The molecule has 0 fully saturated rings. The Bertz CT molecular complexity index is 1410. The molecule has 0 radical (unpaired) electrons. The fourth-order valence-corrected chi connectivity index (χ4v) is 5.65. The van der Waals surface area contributed by atoms with Crippen molar-refractivity contribution in [2.24, 2.45) is 0 Å². The predicted octanol–water partition coefficient (Wildman–Crippen LogP) is 5.48. The molecule has 9 heteroatoms. The average molecular weight is 570 g/mol. The Morgan fingerprint density at radius 1 is 0.923 bits per heavy atom. The fraction of sp³-hybridized carbons (Fsp3) is 0.333. The SMILES string of the molecule is CC[C@H](C)NC(=O)[C@H](C)N(Cc1cccc(Cl)c1)C(=O)CN(c1ccc(C)c(C)c1)S(=O)(=O)c1ccccc1. The third kappa shape index (κ3) is 7.61. The van der Waals surface area contributed by atoms with E-state index in [1.54, 1.807) is 55.5 Å². The summed E-state index contributed by atoms with van der Waals surface area (Å²) in [4.78, 5) is 28.5. The van der Waals surface area contributed by atoms with Crippen LogP contribution in [0.5, 0.6) is 0 Å². The number of hydrogen-bond acceptors (Lipinski definition) is 4. The topological polar surface area (TPSA) is 86.8 Å². The van der Waals surface area contributed by atoms with Crippen LogP contribution in [0.15, 0.2) is 77.7 Å². The van der Waals surface area contributed by atoms with Crippen LogP contribution in [0.4, 0.5) is 5.69 Å². The molecule has 0 unspecified atom stereocenters. The lowest BCUT2D eigenvalue weighted by molar-refractivity contribution is -0.139. The van der Waals surface area contributed by atoms with E-state index in [0.717, 1.165) is 27.4 Å². The van der Waals surface area contributed by atoms with Crippen LogP contribution in [0.1, 0.15) is 43.9 Å². The van der Waals surface area contributed by atoms with Crippen LogP contribution < -0.4 is 9.62 Å². The zero-order valence-electron chi connectivity index (χ0n) is 23.0. The van der Waals surface area contributed by atoms with Gasteiger partial charge >= 0.3 is 0 Å². The molecular weight excluding hydrogens is 534 g/mol. The number of rotatable bonds is 11. The Kier molecular flexibility index (Phi) is 10.2. The molecule has 7 nitrogen and oxygen atoms in total. The molecule has 3 aromatic carbocycles. The summed E-state index contributed by atoms with van der Waals surface area (Å²) in [5, 5.41) is 3.43. The smallest absolute Gasteiger partial charge is 0.264 e. The Morgan fingerprint density at radius 3 is 2.23 bits per heavy atom. The molecule has 1 N–H and O–H groups in total. The van der Waals surface area contributed by atoms with Crippen LogP contribution in [0, 0.1) is 13.8 Å². The summed E-state index contributed by atoms with van der Waals surface area (Å²) in [6.45, 7) is 8.92. The first-order valence-electron chi connectivity index (χ1n) is 12.9. The minimum atomic E-state index is -4.10. The van der Waals surface area contributed by atoms with Gasteiger partial charge in [-0.05, 0) is 87.2 Å². The number of hydrogen-bond donors (Lipinski definition) is 1. The van der Waals surface area contributed by atoms with E-state index < -0.39 is 28.5 Å². The van der Waals surface area contributed by atoms with Crippen LogP contribution in [-0.4, -0.2) is 43.8 Å². The minimum Gasteiger partial charge on any atom is -0.352 e. The van der Waals surface area contributed by atoms with E-state index >= 15 is 0 Å². The highest BCUT2D eigenvalue weighted by atomic mass is 35.5. The van der Waals surface area contributed by atoms with Crippen molar-refractivity contribution in [2.75, 3.05) is 10.8 Å². The molecule has 0 bridgehead atoms. The number of anilines is 1. The summed E-state index contributed by atoms with van der Waals surface area (Å²) in [7, 11) is -4.10. The second-order valence-corrected chi connectivity index (χ2v) is 12.0. The third-order valence-electron chi connectivity index (χ3n) is 6.80. The lowest BCUT2D eigenvalue weighted by atomic mass is 10.1. The number of halogens is 1. The van der Waals surface area contributed by atoms with Gasteiger partial charge in [-0.1, -0.05) is 54.9 Å². The van der Waals surface area contributed by atoms with E-state index in [1.165, 1.54) is 17.0 Å². The first kappa shape index (κ1) is 30.2. The van der Waals surface area contributed by atoms with Crippen molar-refractivity contribution in [3.05, 3.63) is 94.5 Å². The summed E-state index contributed by atoms with van der Waals surface area (Å²) >= 11 is 6.19. The van der Waals surface area contributed by atoms with Gasteiger partial charge in [-0.15, -0.1) is 0 Å². The van der Waals surface area contributed by atoms with Gasteiger partial charge in [0.25, 0.3) is 10.0 Å². The van der Waals surface area contributed by atoms with Crippen molar-refractivity contribution in [3.63, 3.8) is 0 Å². The van der Waals surface area contributed by atoms with Gasteiger partial charge in [0.2, 0.25) is 11.8 Å². The molecular formula is C30H36ClN3O4S. The summed E-state index contributed by atoms with van der Waals surface area (Å²) in [5.74, 6) is -0.831. The van der Waals surface area contributed by atoms with Crippen LogP contribution in [-0.2, 0) is 26.2 Å². The number of carbonyl (C=O) groups excluding carboxylic acids is 2. The maximum Gasteiger partial charge on any atom is 0.264 e. The molecule has 2 atom stereocenters. The first-order valence-corrected chi connectivity index (χ1v) is 14.7. The number of benzene rings is 3. The molecule has 0 aliphatic carbocycles. The molecule has 0 saturated carbocycles. The van der Waals surface area contributed by atoms with Crippen molar-refractivity contribution in [1.29, 1.82) is 0 Å². The van der Waals surface area contributed by atoms with Crippen LogP contribution >= 0.6 is 11.6 Å². The number of amides is 2. The number of carbonyl (C=O) groups is 2. The van der Waals surface area contributed by atoms with Crippen molar-refractivity contribution in [2.45, 2.75) is 64.6 Å². The monoisotopic (exact) mass is 569 g/mol. The third-order valence-corrected chi connectivity index (χ3v) is 8.82. The van der Waals surface area contributed by atoms with Crippen molar-refractivity contribution in [1.82, 2.24) is 10.2 Å². The average Bonchev–Trinajstić information content (AvgIpc) is 2.91. The zero-order valence-corrected chi connectivity index (χ0v) is 24.6. The maximum absolute atomic E-state index is 14.0. The standard InChI is InChI=1S/C30H36ClN3O4S/c1-6-23(4)32-30(36)24(5)33(19-25-11-10-12-26(31)18-25)29(35)20-34(27-16-15-21(2)22(3)17-27)39(37,38)28-13-8-7-9-14-28/h7-18,23-24H,6,19-20H2,1-5H3,(H,32,36)/t23-,24-/m0/s1. The second kappa shape index (κ2) is 13.1. The normalized spacial score (nSPS) is 12.9. The summed E-state index contributed by atoms with van der Waals surface area (Å²) in [6, 6.07) is 19.4. The van der Waals surface area contributed by atoms with E-state index in [1.807, 2.05) is 39.8 Å². The van der Waals surface area contributed by atoms with Gasteiger partial charge in [0.15, 0.2) is 0 Å². The largest absolute Gasteiger partial charge is 0.352 e. The molecule has 0 saturated heterocycles. The highest BCUT2D eigenvalue weighted by molar-refractivity contribution is 7.92. The Hall–Kier alpha value is -3.36. The minimum absolute atomic E-state index is 0.0694. The molecule has 3 rings (SSSR count). The lowest BCUT2D eigenvalue weighted by Gasteiger charge is -2.32. The lowest BCUT2D eigenvalue weighted by Crippen LogP contribution is -2.52. The van der Waals surface area contributed by atoms with Gasteiger partial charge in [-0.3, -0.25) is 13.9 Å². The summed E-state index contributed by atoms with van der Waals surface area (Å²) < 4.78 is 28.8. The summed E-state index contributed by atoms with van der Waals surface area (Å²) in [6.07, 6.45) is 0.733. The van der Waals surface area contributed by atoms with E-state index in [9.17, 15) is 18.0 Å². The van der Waals surface area contributed by atoms with E-state index in [2.05, 4.69) is 5.32 Å². The van der Waals surface area contributed by atoms with E-state index in [-0.39, 0.29) is 23.4 Å². The van der Waals surface area contributed by atoms with Crippen LogP contribution in [0.25, 0.3) is 0 Å². The van der Waals surface area contributed by atoms with Gasteiger partial charge in [0, 0.05) is 17.6 Å². The summed E-state index contributed by atoms with van der Waals surface area (Å²) in [5.41, 5.74) is 2.99. The molecule has 3 aromatic rings. The van der Waals surface area contributed by atoms with E-state index in [4.69, 9.17) is 11.6 Å². The number of aryl methyl sites for hydroxylation is 2. The highest BCUT2D eigenvalue weighted by Crippen LogP contribution is 2.26. The van der Waals surface area contributed by atoms with Gasteiger partial charge in [0.1, 0.15) is 12.6 Å². The predicted molar refractivity (Wildman–Crippen MR) is 156 cm³/mol. The molecule has 0 spiro atoms. The maximum atomic E-state index is 14.0. The molecule has 2 amide bonds. The molecule has 39 heavy (non-hydrogen) atoms. The zero-order chi connectivity index (χ0) is 28.7. The van der Waals surface area contributed by atoms with Crippen molar-refractivity contribution >= 4 is 39.1 Å². The van der Waals surface area contributed by atoms with Crippen molar-refractivity contribution in [3.8, 4) is 0 Å². The van der Waals surface area contributed by atoms with Gasteiger partial charge < -0.3 is 10.2 Å². The fourth-order valence-electron chi connectivity index (χ4n) is 4.01. The molecule has 0 aliphatic rings. The Labute approximate surface area is 236 Å². The quantitative estimate of drug-likeness (QED) is 0.331. The Balaban J connectivity index is 2.04. The second-order valence-electron chi connectivity index (χ2n) is 9.74. The number of nitrogens with zero attached hydrogens (tertiary/aromatic N) is 2. The van der Waals surface area contributed by atoms with Crippen LogP contribution in [0.2, 0.25) is 5.02 Å².